The largest absolute Gasteiger partial charge is 0.444 e. The minimum atomic E-state index is -3.78. The monoisotopic (exact) mass is 337 g/mol. The third-order valence-electron chi connectivity index (χ3n) is 3.95. The fraction of sp³-hybridized carbons (Fsp3) is 0.923. The van der Waals surface area contributed by atoms with Gasteiger partial charge in [-0.05, 0) is 53.5 Å². The van der Waals surface area contributed by atoms with Gasteiger partial charge in [0.25, 0.3) is 0 Å². The molecule has 0 bridgehead atoms. The van der Waals surface area contributed by atoms with Crippen LogP contribution in [0.5, 0.6) is 0 Å². The molecule has 130 valence electrons. The molecule has 1 aliphatic carbocycles. The Labute approximate surface area is 131 Å². The van der Waals surface area contributed by atoms with E-state index in [1.165, 1.54) is 7.05 Å². The summed E-state index contributed by atoms with van der Waals surface area (Å²) in [4.78, 5) is 10.4. The van der Waals surface area contributed by atoms with E-state index in [-0.39, 0.29) is 32.2 Å². The van der Waals surface area contributed by atoms with Crippen molar-refractivity contribution in [2.75, 3.05) is 13.6 Å². The van der Waals surface area contributed by atoms with Crippen LogP contribution in [0.3, 0.4) is 0 Å². The van der Waals surface area contributed by atoms with E-state index >= 15 is 0 Å². The first kappa shape index (κ1) is 19.1. The molecule has 0 aromatic rings. The van der Waals surface area contributed by atoms with Gasteiger partial charge >= 0.3 is 6.09 Å². The minimum absolute atomic E-state index is 0.00628. The lowest BCUT2D eigenvalue weighted by atomic mass is 9.81. The molecular weight excluding hydrogens is 310 g/mol. The van der Waals surface area contributed by atoms with Crippen LogP contribution >= 0.6 is 0 Å². The maximum absolute atomic E-state index is 11.7. The smallest absolute Gasteiger partial charge is 0.407 e. The van der Waals surface area contributed by atoms with Crippen molar-refractivity contribution < 1.29 is 23.1 Å². The van der Waals surface area contributed by atoms with Crippen LogP contribution in [0.2, 0.25) is 0 Å². The van der Waals surface area contributed by atoms with Gasteiger partial charge in [0.05, 0.1) is 5.60 Å². The number of aliphatic hydroxyl groups is 1. The van der Waals surface area contributed by atoms with Gasteiger partial charge in [-0.3, -0.25) is 0 Å². The first-order valence-corrected chi connectivity index (χ1v) is 8.78. The van der Waals surface area contributed by atoms with E-state index in [0.717, 1.165) is 0 Å². The Hall–Kier alpha value is -0.900. The van der Waals surface area contributed by atoms with E-state index in [0.29, 0.717) is 0 Å². The summed E-state index contributed by atoms with van der Waals surface area (Å²) in [6.45, 7) is 5.24. The highest BCUT2D eigenvalue weighted by Crippen LogP contribution is 2.36. The average molecular weight is 337 g/mol. The second kappa shape index (κ2) is 6.31. The van der Waals surface area contributed by atoms with Crippen molar-refractivity contribution in [1.29, 1.82) is 0 Å². The van der Waals surface area contributed by atoms with E-state index in [2.05, 4.69) is 10.6 Å². The Bertz CT molecular complexity index is 504. The molecule has 1 amide bonds. The molecule has 0 aromatic carbocycles. The van der Waals surface area contributed by atoms with Crippen molar-refractivity contribution >= 4 is 16.1 Å². The van der Waals surface area contributed by atoms with Gasteiger partial charge in [-0.2, -0.15) is 0 Å². The number of hydrogen-bond acceptors (Lipinski definition) is 6. The van der Waals surface area contributed by atoms with E-state index in [1.807, 2.05) is 0 Å². The van der Waals surface area contributed by atoms with Crippen LogP contribution in [-0.4, -0.2) is 49.3 Å². The molecule has 5 N–H and O–H groups in total. The fourth-order valence-electron chi connectivity index (χ4n) is 2.52. The van der Waals surface area contributed by atoms with Gasteiger partial charge in [0, 0.05) is 6.54 Å². The predicted octanol–water partition coefficient (Wildman–Crippen LogP) is 0.0204. The lowest BCUT2D eigenvalue weighted by molar-refractivity contribution is -0.0114. The third-order valence-corrected chi connectivity index (χ3v) is 5.65. The third kappa shape index (κ3) is 4.80. The molecule has 8 nitrogen and oxygen atoms in total. The fourth-order valence-corrected chi connectivity index (χ4v) is 3.58. The number of amides is 1. The summed E-state index contributed by atoms with van der Waals surface area (Å²) in [5.74, 6) is 0. The van der Waals surface area contributed by atoms with E-state index in [1.54, 1.807) is 20.8 Å². The molecule has 1 fully saturated rings. The number of nitrogens with one attached hydrogen (secondary N) is 2. The molecular formula is C13H27N3O5S. The van der Waals surface area contributed by atoms with E-state index in [4.69, 9.17) is 9.88 Å². The maximum Gasteiger partial charge on any atom is 0.407 e. The molecule has 0 unspecified atom stereocenters. The average Bonchev–Trinajstić information content (AvgIpc) is 2.34. The van der Waals surface area contributed by atoms with Crippen molar-refractivity contribution in [3.63, 3.8) is 0 Å². The quantitative estimate of drug-likeness (QED) is 0.572. The first-order valence-electron chi connectivity index (χ1n) is 7.23. The zero-order valence-corrected chi connectivity index (χ0v) is 14.4. The highest BCUT2D eigenvalue weighted by Gasteiger charge is 2.47. The molecule has 0 spiro atoms. The van der Waals surface area contributed by atoms with Crippen molar-refractivity contribution in [1.82, 2.24) is 10.6 Å². The normalized spacial score (nSPS) is 29.9. The molecule has 0 heterocycles. The standard InChI is InChI=1S/C13H27N3O5S/c1-11(2,3)21-10(17)16-9-12(18)5-7-13(15-4,8-6-12)22(14,19)20/h15,18H,5-9H2,1-4H3,(H,16,17)(H2,14,19,20). The molecule has 1 rings (SSSR count). The van der Waals surface area contributed by atoms with E-state index < -0.39 is 32.2 Å². The molecule has 1 saturated carbocycles. The van der Waals surface area contributed by atoms with Crippen LogP contribution in [-0.2, 0) is 14.8 Å². The topological polar surface area (TPSA) is 131 Å². The van der Waals surface area contributed by atoms with Crippen molar-refractivity contribution in [2.24, 2.45) is 5.14 Å². The van der Waals surface area contributed by atoms with Crippen LogP contribution in [0, 0.1) is 0 Å². The summed E-state index contributed by atoms with van der Waals surface area (Å²) in [7, 11) is -2.24. The summed E-state index contributed by atoms with van der Waals surface area (Å²) >= 11 is 0. The van der Waals surface area contributed by atoms with Gasteiger partial charge in [-0.25, -0.2) is 18.4 Å². The van der Waals surface area contributed by atoms with Crippen molar-refractivity contribution in [2.45, 2.75) is 62.5 Å². The Morgan fingerprint density at radius 2 is 1.77 bits per heavy atom. The summed E-state index contributed by atoms with van der Waals surface area (Å²) in [6, 6.07) is 0. The van der Waals surface area contributed by atoms with Gasteiger partial charge in [0.1, 0.15) is 10.5 Å². The van der Waals surface area contributed by atoms with Gasteiger partial charge in [0.15, 0.2) is 0 Å². The lowest BCUT2D eigenvalue weighted by Crippen LogP contribution is -2.59. The number of nitrogens with two attached hydrogens (primary N) is 1. The number of carbonyl (C=O) groups is 1. The maximum atomic E-state index is 11.7. The van der Waals surface area contributed by atoms with Crippen LogP contribution in [0.15, 0.2) is 0 Å². The minimum Gasteiger partial charge on any atom is -0.444 e. The molecule has 22 heavy (non-hydrogen) atoms. The number of primary sulfonamides is 1. The van der Waals surface area contributed by atoms with Crippen LogP contribution in [0.1, 0.15) is 46.5 Å². The Kier molecular flexibility index (Phi) is 5.49. The van der Waals surface area contributed by atoms with Gasteiger partial charge in [-0.15, -0.1) is 0 Å². The summed E-state index contributed by atoms with van der Waals surface area (Å²) < 4.78 is 28.5. The Morgan fingerprint density at radius 1 is 1.27 bits per heavy atom. The van der Waals surface area contributed by atoms with Crippen LogP contribution in [0.25, 0.3) is 0 Å². The summed E-state index contributed by atoms with van der Waals surface area (Å²) in [5.41, 5.74) is -1.78. The molecule has 9 heteroatoms. The molecule has 0 atom stereocenters. The van der Waals surface area contributed by atoms with Crippen molar-refractivity contribution in [3.8, 4) is 0 Å². The highest BCUT2D eigenvalue weighted by atomic mass is 32.2. The molecule has 0 aliphatic heterocycles. The Morgan fingerprint density at radius 3 is 2.14 bits per heavy atom. The zero-order chi connectivity index (χ0) is 17.2. The summed E-state index contributed by atoms with van der Waals surface area (Å²) in [6.07, 6.45) is 0.155. The predicted molar refractivity (Wildman–Crippen MR) is 82.6 cm³/mol. The number of hydrogen-bond donors (Lipinski definition) is 4. The van der Waals surface area contributed by atoms with Crippen LogP contribution < -0.4 is 15.8 Å². The highest BCUT2D eigenvalue weighted by molar-refractivity contribution is 7.90. The second-order valence-electron chi connectivity index (χ2n) is 6.87. The molecule has 0 aromatic heterocycles. The SMILES string of the molecule is CNC1(S(N)(=O)=O)CCC(O)(CNC(=O)OC(C)(C)C)CC1. The summed E-state index contributed by atoms with van der Waals surface area (Å²) in [5, 5.41) is 21.0. The molecule has 0 radical (unpaired) electrons. The Balaban J connectivity index is 2.60. The van der Waals surface area contributed by atoms with E-state index in [9.17, 15) is 18.3 Å². The lowest BCUT2D eigenvalue weighted by Gasteiger charge is -2.42. The molecule has 0 saturated heterocycles. The zero-order valence-electron chi connectivity index (χ0n) is 13.6. The van der Waals surface area contributed by atoms with Gasteiger partial charge < -0.3 is 20.5 Å². The first-order chi connectivity index (χ1) is 9.83. The van der Waals surface area contributed by atoms with Gasteiger partial charge in [0.2, 0.25) is 10.0 Å². The number of carbonyl (C=O) groups excluding carboxylic acids is 1. The van der Waals surface area contributed by atoms with Crippen molar-refractivity contribution in [3.05, 3.63) is 0 Å². The number of sulfonamides is 1. The number of rotatable bonds is 4. The second-order valence-corrected chi connectivity index (χ2v) is 8.74. The number of alkyl carbamates (subject to hydrolysis) is 1. The number of ether oxygens (including phenoxy) is 1. The molecule has 1 aliphatic rings. The van der Waals surface area contributed by atoms with Gasteiger partial charge in [-0.1, -0.05) is 0 Å². The van der Waals surface area contributed by atoms with Crippen LogP contribution in [0.4, 0.5) is 4.79 Å².